The highest BCUT2D eigenvalue weighted by Crippen LogP contribution is 2.66. The van der Waals surface area contributed by atoms with Crippen LogP contribution in [-0.4, -0.2) is 63.8 Å². The Morgan fingerprint density at radius 2 is 2.00 bits per heavy atom. The molecule has 3 unspecified atom stereocenters. The van der Waals surface area contributed by atoms with E-state index in [1.807, 2.05) is 6.07 Å². The van der Waals surface area contributed by atoms with Gasteiger partial charge >= 0.3 is 0 Å². The zero-order chi connectivity index (χ0) is 17.9. The van der Waals surface area contributed by atoms with Crippen molar-refractivity contribution in [3.63, 3.8) is 0 Å². The number of benzene rings is 1. The van der Waals surface area contributed by atoms with E-state index in [-0.39, 0.29) is 28.8 Å². The van der Waals surface area contributed by atoms with Crippen LogP contribution in [0.3, 0.4) is 0 Å². The van der Waals surface area contributed by atoms with E-state index in [1.54, 1.807) is 6.07 Å². The maximum absolute atomic E-state index is 12.2. The molecule has 1 aromatic carbocycles. The quantitative estimate of drug-likeness (QED) is 0.490. The summed E-state index contributed by atoms with van der Waals surface area (Å²) in [6, 6.07) is 3.88. The molecule has 0 amide bonds. The van der Waals surface area contributed by atoms with E-state index in [2.05, 4.69) is 7.05 Å². The topological polar surface area (TPSA) is 69.9 Å². The van der Waals surface area contributed by atoms with Crippen molar-refractivity contribution >= 4 is 0 Å². The van der Waals surface area contributed by atoms with Crippen LogP contribution in [0.1, 0.15) is 43.2 Å². The Hall–Kier alpha value is -0.820. The summed E-state index contributed by atoms with van der Waals surface area (Å²) in [6.45, 7) is 2.15. The molecule has 6 rings (SSSR count). The van der Waals surface area contributed by atoms with E-state index < -0.39 is 23.2 Å². The summed E-state index contributed by atoms with van der Waals surface area (Å²) in [7, 11) is 2.33. The van der Waals surface area contributed by atoms with E-state index >= 15 is 0 Å². The van der Waals surface area contributed by atoms with E-state index in [1.165, 1.54) is 18.4 Å². The third-order valence-corrected chi connectivity index (χ3v) is 8.45. The van der Waals surface area contributed by atoms with Crippen molar-refractivity contribution < 1.29 is 41.5 Å². The maximum Gasteiger partial charge on any atom is 0.165 e. The smallest absolute Gasteiger partial charge is 0.165 e. The molecule has 6 heteroatoms. The van der Waals surface area contributed by atoms with Crippen molar-refractivity contribution in [3.05, 3.63) is 23.3 Å². The molecule has 3 fully saturated rings. The van der Waals surface area contributed by atoms with Crippen LogP contribution < -0.4 is 21.7 Å². The van der Waals surface area contributed by atoms with Gasteiger partial charge in [-0.25, -0.2) is 0 Å². The Labute approximate surface area is 170 Å². The SMILES string of the molecule is C[N+]1(CC2CC2)CCC23c4c5ccc(O)c4O[C@H]2[C@@H](O)CC[C@@]3(O)C1C5.[Br-]. The number of aliphatic hydroxyl groups is 2. The number of quaternary nitrogens is 1. The third-order valence-electron chi connectivity index (χ3n) is 8.45. The number of halogens is 1. The van der Waals surface area contributed by atoms with Crippen LogP contribution in [0.25, 0.3) is 0 Å². The Balaban J connectivity index is 0.00000160. The summed E-state index contributed by atoms with van der Waals surface area (Å²) in [6.07, 6.45) is 4.44. The Bertz CT molecular complexity index is 814. The van der Waals surface area contributed by atoms with Crippen LogP contribution in [0, 0.1) is 5.92 Å². The van der Waals surface area contributed by atoms with E-state index in [9.17, 15) is 15.3 Å². The van der Waals surface area contributed by atoms with Crippen LogP contribution in [0.2, 0.25) is 0 Å². The van der Waals surface area contributed by atoms with Gasteiger partial charge < -0.3 is 41.5 Å². The monoisotopic (exact) mass is 437 g/mol. The number of aromatic hydroxyl groups is 1. The van der Waals surface area contributed by atoms with E-state index in [4.69, 9.17) is 4.74 Å². The Kier molecular flexibility index (Phi) is 3.65. The largest absolute Gasteiger partial charge is 1.00 e. The molecule has 5 aliphatic rings. The van der Waals surface area contributed by atoms with Crippen LogP contribution >= 0.6 is 0 Å². The van der Waals surface area contributed by atoms with Gasteiger partial charge in [0.2, 0.25) is 0 Å². The number of hydrogen-bond donors (Lipinski definition) is 3. The standard InChI is InChI=1S/C21H27NO4.BrH/c1-22(11-12-2-3-12)9-8-20-17-13-4-5-14(23)18(17)26-19(20)15(24)6-7-21(20,25)16(22)10-13;/h4-5,12,15-16,19,24-25H,2-3,6-11H2,1H3;1H/t15-,16?,19-,20?,21+,22?;/m0./s1. The molecular formula is C21H28BrNO4. The fraction of sp³-hybridized carbons (Fsp3) is 0.714. The normalized spacial score (nSPS) is 46.3. The lowest BCUT2D eigenvalue weighted by Crippen LogP contribution is -3.00. The van der Waals surface area contributed by atoms with Crippen LogP contribution in [0.5, 0.6) is 11.5 Å². The van der Waals surface area contributed by atoms with Gasteiger partial charge in [0.15, 0.2) is 11.5 Å². The Morgan fingerprint density at radius 3 is 2.74 bits per heavy atom. The van der Waals surface area contributed by atoms with Crippen molar-refractivity contribution in [1.29, 1.82) is 0 Å². The van der Waals surface area contributed by atoms with E-state index in [0.29, 0.717) is 18.6 Å². The van der Waals surface area contributed by atoms with Gasteiger partial charge in [0.05, 0.1) is 31.7 Å². The first kappa shape index (κ1) is 18.2. The van der Waals surface area contributed by atoms with Crippen LogP contribution in [0.15, 0.2) is 12.1 Å². The van der Waals surface area contributed by atoms with Gasteiger partial charge in [-0.15, -0.1) is 0 Å². The molecule has 1 aromatic rings. The minimum Gasteiger partial charge on any atom is -1.00 e. The fourth-order valence-corrected chi connectivity index (χ4v) is 7.13. The molecule has 27 heavy (non-hydrogen) atoms. The average Bonchev–Trinajstić information content (AvgIpc) is 3.32. The number of likely N-dealkylation sites (N-methyl/N-ethyl adjacent to an activating group) is 1. The summed E-state index contributed by atoms with van der Waals surface area (Å²) < 4.78 is 7.11. The molecule has 2 heterocycles. The van der Waals surface area contributed by atoms with Crippen molar-refractivity contribution in [2.75, 3.05) is 20.1 Å². The van der Waals surface area contributed by atoms with Crippen molar-refractivity contribution in [1.82, 2.24) is 0 Å². The first-order chi connectivity index (χ1) is 12.4. The number of aliphatic hydroxyl groups excluding tert-OH is 1. The lowest BCUT2D eigenvalue weighted by atomic mass is 9.48. The minimum absolute atomic E-state index is 0. The van der Waals surface area contributed by atoms with Crippen LogP contribution in [0.4, 0.5) is 0 Å². The molecule has 3 aliphatic carbocycles. The maximum atomic E-state index is 12.2. The molecule has 5 nitrogen and oxygen atoms in total. The number of phenolic OH excluding ortho intramolecular Hbond substituents is 1. The van der Waals surface area contributed by atoms with E-state index in [0.717, 1.165) is 41.9 Å². The van der Waals surface area contributed by atoms with Crippen molar-refractivity contribution in [3.8, 4) is 11.5 Å². The first-order valence-corrected chi connectivity index (χ1v) is 10.2. The molecule has 1 saturated heterocycles. The summed E-state index contributed by atoms with van der Waals surface area (Å²) >= 11 is 0. The number of phenols is 1. The summed E-state index contributed by atoms with van der Waals surface area (Å²) in [5.41, 5.74) is 0.755. The fourth-order valence-electron chi connectivity index (χ4n) is 7.13. The highest BCUT2D eigenvalue weighted by molar-refractivity contribution is 5.62. The predicted molar refractivity (Wildman–Crippen MR) is 95.1 cm³/mol. The van der Waals surface area contributed by atoms with Crippen LogP contribution in [-0.2, 0) is 11.8 Å². The van der Waals surface area contributed by atoms with Gasteiger partial charge in [-0.1, -0.05) is 6.07 Å². The van der Waals surface area contributed by atoms with Gasteiger partial charge in [-0.2, -0.15) is 0 Å². The number of hydrogen-bond acceptors (Lipinski definition) is 4. The molecule has 3 N–H and O–H groups in total. The number of likely N-dealkylation sites (tertiary alicyclic amines) is 1. The molecule has 2 aliphatic heterocycles. The molecule has 2 saturated carbocycles. The highest BCUT2D eigenvalue weighted by atomic mass is 79.9. The molecular weight excluding hydrogens is 410 g/mol. The van der Waals surface area contributed by atoms with Gasteiger partial charge in [0.1, 0.15) is 17.7 Å². The van der Waals surface area contributed by atoms with Crippen molar-refractivity contribution in [2.45, 2.75) is 67.8 Å². The number of ether oxygens (including phenoxy) is 1. The summed E-state index contributed by atoms with van der Waals surface area (Å²) in [5, 5.41) is 33.4. The zero-order valence-corrected chi connectivity index (χ0v) is 17.3. The Morgan fingerprint density at radius 1 is 1.22 bits per heavy atom. The zero-order valence-electron chi connectivity index (χ0n) is 15.7. The lowest BCUT2D eigenvalue weighted by molar-refractivity contribution is -0.950. The third kappa shape index (κ3) is 2.00. The van der Waals surface area contributed by atoms with Gasteiger partial charge in [-0.3, -0.25) is 0 Å². The number of rotatable bonds is 2. The number of piperidine rings is 1. The molecule has 0 aromatic heterocycles. The molecule has 148 valence electrons. The second kappa shape index (κ2) is 5.41. The van der Waals surface area contributed by atoms with Gasteiger partial charge in [-0.05, 0) is 37.3 Å². The van der Waals surface area contributed by atoms with Gasteiger partial charge in [0.25, 0.3) is 0 Å². The predicted octanol–water partition coefficient (Wildman–Crippen LogP) is -1.53. The summed E-state index contributed by atoms with van der Waals surface area (Å²) in [5.74, 6) is 1.46. The second-order valence-electron chi connectivity index (χ2n) is 9.79. The first-order valence-electron chi connectivity index (χ1n) is 10.2. The molecule has 6 atom stereocenters. The second-order valence-corrected chi connectivity index (χ2v) is 9.79. The van der Waals surface area contributed by atoms with Gasteiger partial charge in [0, 0.05) is 24.3 Å². The highest BCUT2D eigenvalue weighted by Gasteiger charge is 2.76. The minimum atomic E-state index is -0.870. The summed E-state index contributed by atoms with van der Waals surface area (Å²) in [4.78, 5) is 0. The lowest BCUT2D eigenvalue weighted by Gasteiger charge is -2.65. The molecule has 0 radical (unpaired) electrons. The average molecular weight is 438 g/mol. The molecule has 2 bridgehead atoms. The molecule has 1 spiro atoms. The number of nitrogens with zero attached hydrogens (tertiary/aromatic N) is 1. The van der Waals surface area contributed by atoms with Crippen molar-refractivity contribution in [2.24, 2.45) is 5.92 Å².